The van der Waals surface area contributed by atoms with Gasteiger partial charge >= 0.3 is 0 Å². The van der Waals surface area contributed by atoms with Crippen LogP contribution >= 0.6 is 23.1 Å². The summed E-state index contributed by atoms with van der Waals surface area (Å²) < 4.78 is 9.25. The summed E-state index contributed by atoms with van der Waals surface area (Å²) in [5, 5.41) is 11.6. The highest BCUT2D eigenvalue weighted by atomic mass is 32.2. The van der Waals surface area contributed by atoms with E-state index < -0.39 is 0 Å². The van der Waals surface area contributed by atoms with Crippen LogP contribution in [-0.2, 0) is 5.75 Å². The molecule has 0 saturated heterocycles. The molecule has 3 heterocycles. The second kappa shape index (κ2) is 9.21. The largest absolute Gasteiger partial charge is 0.494 e. The van der Waals surface area contributed by atoms with Gasteiger partial charge in [-0.05, 0) is 38.1 Å². The van der Waals surface area contributed by atoms with Crippen molar-refractivity contribution in [3.63, 3.8) is 0 Å². The molecule has 166 valence electrons. The maximum absolute atomic E-state index is 12.5. The van der Waals surface area contributed by atoms with Gasteiger partial charge in [0.25, 0.3) is 5.56 Å². The van der Waals surface area contributed by atoms with E-state index in [1.807, 2.05) is 78.4 Å². The fourth-order valence-electron chi connectivity index (χ4n) is 3.54. The van der Waals surface area contributed by atoms with Crippen LogP contribution in [0.4, 0.5) is 0 Å². The Hall–Kier alpha value is -3.43. The van der Waals surface area contributed by atoms with Gasteiger partial charge < -0.3 is 4.74 Å². The molecule has 0 unspecified atom stereocenters. The zero-order valence-corrected chi connectivity index (χ0v) is 19.8. The van der Waals surface area contributed by atoms with Gasteiger partial charge in [-0.1, -0.05) is 42.1 Å². The van der Waals surface area contributed by atoms with Crippen molar-refractivity contribution in [3.05, 3.63) is 87.8 Å². The Balaban J connectivity index is 1.51. The van der Waals surface area contributed by atoms with Crippen LogP contribution in [0.1, 0.15) is 18.3 Å². The van der Waals surface area contributed by atoms with Crippen LogP contribution in [0.2, 0.25) is 0 Å². The van der Waals surface area contributed by atoms with Gasteiger partial charge in [-0.15, -0.1) is 21.5 Å². The minimum absolute atomic E-state index is 0.0627. The molecular formula is C24H21N5O2S2. The topological polar surface area (TPSA) is 74.3 Å². The summed E-state index contributed by atoms with van der Waals surface area (Å²) in [4.78, 5) is 17.9. The monoisotopic (exact) mass is 475 g/mol. The molecule has 0 amide bonds. The second-order valence-corrected chi connectivity index (χ2v) is 9.08. The van der Waals surface area contributed by atoms with Gasteiger partial charge in [0.1, 0.15) is 5.75 Å². The summed E-state index contributed by atoms with van der Waals surface area (Å²) in [5.74, 6) is 2.07. The molecule has 0 aliphatic carbocycles. The lowest BCUT2D eigenvalue weighted by molar-refractivity contribution is 0.340. The number of nitrogens with zero attached hydrogens (tertiary/aromatic N) is 5. The van der Waals surface area contributed by atoms with Gasteiger partial charge in [0, 0.05) is 34.1 Å². The Kier molecular flexibility index (Phi) is 5.97. The van der Waals surface area contributed by atoms with Crippen molar-refractivity contribution in [2.24, 2.45) is 0 Å². The number of thioether (sulfide) groups is 1. The molecule has 5 aromatic rings. The Morgan fingerprint density at radius 3 is 2.61 bits per heavy atom. The van der Waals surface area contributed by atoms with Gasteiger partial charge in [0.15, 0.2) is 15.9 Å². The first-order valence-corrected chi connectivity index (χ1v) is 12.3. The van der Waals surface area contributed by atoms with E-state index >= 15 is 0 Å². The fourth-order valence-corrected chi connectivity index (χ4v) is 5.28. The van der Waals surface area contributed by atoms with Crippen LogP contribution in [0.25, 0.3) is 22.0 Å². The number of benzene rings is 2. The lowest BCUT2D eigenvalue weighted by atomic mass is 10.2. The summed E-state index contributed by atoms with van der Waals surface area (Å²) in [6.07, 6.45) is 0. The Labute approximate surface area is 198 Å². The average Bonchev–Trinajstić information content (AvgIpc) is 3.43. The highest BCUT2D eigenvalue weighted by Crippen LogP contribution is 2.30. The van der Waals surface area contributed by atoms with Gasteiger partial charge in [0.05, 0.1) is 12.3 Å². The first kappa shape index (κ1) is 21.4. The van der Waals surface area contributed by atoms with Crippen molar-refractivity contribution in [3.8, 4) is 22.8 Å². The zero-order valence-electron chi connectivity index (χ0n) is 18.1. The second-order valence-electron chi connectivity index (χ2n) is 7.30. The number of hydrogen-bond acceptors (Lipinski definition) is 7. The molecule has 5 rings (SSSR count). The van der Waals surface area contributed by atoms with Gasteiger partial charge in [-0.2, -0.15) is 0 Å². The maximum atomic E-state index is 12.5. The van der Waals surface area contributed by atoms with Crippen molar-refractivity contribution in [1.29, 1.82) is 0 Å². The minimum atomic E-state index is -0.0627. The van der Waals surface area contributed by atoms with Crippen molar-refractivity contribution in [2.75, 3.05) is 6.61 Å². The molecule has 0 spiro atoms. The molecule has 33 heavy (non-hydrogen) atoms. The van der Waals surface area contributed by atoms with E-state index in [9.17, 15) is 4.79 Å². The summed E-state index contributed by atoms with van der Waals surface area (Å²) in [7, 11) is 0. The van der Waals surface area contributed by atoms with Crippen molar-refractivity contribution < 1.29 is 4.74 Å². The molecule has 9 heteroatoms. The third-order valence-corrected chi connectivity index (χ3v) is 6.96. The molecule has 0 bridgehead atoms. The third kappa shape index (κ3) is 4.29. The standard InChI is InChI=1S/C24H21N5O2S2/c1-3-31-20-11-9-19(10-12-20)29-22(17-7-5-4-6-8-17)26-27-24(29)33-15-18-13-21(30)28-16(2)14-32-23(28)25-18/h4-14H,3,15H2,1-2H3. The smallest absolute Gasteiger partial charge is 0.258 e. The lowest BCUT2D eigenvalue weighted by Crippen LogP contribution is -2.14. The van der Waals surface area contributed by atoms with Crippen LogP contribution in [-0.4, -0.2) is 30.8 Å². The summed E-state index contributed by atoms with van der Waals surface area (Å²) >= 11 is 2.97. The van der Waals surface area contributed by atoms with Crippen molar-refractivity contribution in [2.45, 2.75) is 24.8 Å². The quantitative estimate of drug-likeness (QED) is 0.308. The van der Waals surface area contributed by atoms with Gasteiger partial charge in [0.2, 0.25) is 0 Å². The lowest BCUT2D eigenvalue weighted by Gasteiger charge is -2.11. The van der Waals surface area contributed by atoms with Gasteiger partial charge in [-0.3, -0.25) is 13.8 Å². The Morgan fingerprint density at radius 2 is 1.85 bits per heavy atom. The average molecular weight is 476 g/mol. The molecule has 7 nitrogen and oxygen atoms in total. The van der Waals surface area contributed by atoms with Crippen LogP contribution < -0.4 is 10.3 Å². The number of ether oxygens (including phenoxy) is 1. The number of hydrogen-bond donors (Lipinski definition) is 0. The van der Waals surface area contributed by atoms with E-state index in [1.54, 1.807) is 10.5 Å². The van der Waals surface area contributed by atoms with E-state index in [1.165, 1.54) is 23.1 Å². The van der Waals surface area contributed by atoms with Crippen LogP contribution in [0.15, 0.2) is 76.0 Å². The Morgan fingerprint density at radius 1 is 1.06 bits per heavy atom. The molecular weight excluding hydrogens is 454 g/mol. The predicted octanol–water partition coefficient (Wildman–Crippen LogP) is 5.00. The maximum Gasteiger partial charge on any atom is 0.258 e. The number of fused-ring (bicyclic) bond motifs is 1. The molecule has 0 aliphatic heterocycles. The number of thiazole rings is 1. The normalized spacial score (nSPS) is 11.2. The molecule has 3 aromatic heterocycles. The predicted molar refractivity (Wildman–Crippen MR) is 132 cm³/mol. The molecule has 0 saturated carbocycles. The summed E-state index contributed by atoms with van der Waals surface area (Å²) in [6, 6.07) is 19.4. The minimum Gasteiger partial charge on any atom is -0.494 e. The highest BCUT2D eigenvalue weighted by molar-refractivity contribution is 7.98. The number of aryl methyl sites for hydroxylation is 1. The van der Waals surface area contributed by atoms with Crippen molar-refractivity contribution >= 4 is 28.1 Å². The SMILES string of the molecule is CCOc1ccc(-n2c(SCc3cc(=O)n4c(C)csc4n3)nnc2-c2ccccc2)cc1. The highest BCUT2D eigenvalue weighted by Gasteiger charge is 2.17. The molecule has 0 fully saturated rings. The Bertz CT molecular complexity index is 1460. The molecule has 0 radical (unpaired) electrons. The molecule has 2 aromatic carbocycles. The molecule has 0 N–H and O–H groups in total. The van der Waals surface area contributed by atoms with E-state index in [0.717, 1.165) is 33.7 Å². The molecule has 0 atom stereocenters. The fraction of sp³-hybridized carbons (Fsp3) is 0.167. The number of rotatable bonds is 7. The molecule has 0 aliphatic rings. The van der Waals surface area contributed by atoms with Crippen molar-refractivity contribution in [1.82, 2.24) is 24.1 Å². The van der Waals surface area contributed by atoms with E-state index in [2.05, 4.69) is 15.2 Å². The third-order valence-electron chi connectivity index (χ3n) is 5.05. The van der Waals surface area contributed by atoms with E-state index in [-0.39, 0.29) is 5.56 Å². The van der Waals surface area contributed by atoms with Gasteiger partial charge in [-0.25, -0.2) is 4.98 Å². The van der Waals surface area contributed by atoms with E-state index in [4.69, 9.17) is 4.74 Å². The first-order valence-electron chi connectivity index (χ1n) is 10.5. The zero-order chi connectivity index (χ0) is 22.8. The number of aromatic nitrogens is 5. The summed E-state index contributed by atoms with van der Waals surface area (Å²) in [5.41, 5.74) is 3.45. The van der Waals surface area contributed by atoms with Crippen LogP contribution in [0, 0.1) is 6.92 Å². The summed E-state index contributed by atoms with van der Waals surface area (Å²) in [6.45, 7) is 4.49. The van der Waals surface area contributed by atoms with E-state index in [0.29, 0.717) is 23.0 Å². The van der Waals surface area contributed by atoms with Crippen LogP contribution in [0.5, 0.6) is 5.75 Å². The first-order chi connectivity index (χ1) is 16.1. The van der Waals surface area contributed by atoms with Crippen LogP contribution in [0.3, 0.4) is 0 Å².